The highest BCUT2D eigenvalue weighted by atomic mass is 19.4. The molecule has 0 saturated heterocycles. The second-order valence-corrected chi connectivity index (χ2v) is 11.2. The summed E-state index contributed by atoms with van der Waals surface area (Å²) in [7, 11) is 0. The zero-order valence-corrected chi connectivity index (χ0v) is 24.9. The molecule has 7 nitrogen and oxygen atoms in total. The summed E-state index contributed by atoms with van der Waals surface area (Å²) in [6.07, 6.45) is -2.29. The summed E-state index contributed by atoms with van der Waals surface area (Å²) >= 11 is 0. The highest BCUT2D eigenvalue weighted by Crippen LogP contribution is 2.29. The maximum Gasteiger partial charge on any atom is 0.416 e. The average molecular weight is 610 g/mol. The molecule has 0 fully saturated rings. The Balaban J connectivity index is 1.78. The molecule has 0 aromatic heterocycles. The second-order valence-electron chi connectivity index (χ2n) is 11.2. The second kappa shape index (κ2) is 16.6. The first kappa shape index (κ1) is 34.3. The van der Waals surface area contributed by atoms with Crippen molar-refractivity contribution in [2.24, 2.45) is 5.92 Å². The van der Waals surface area contributed by atoms with Crippen molar-refractivity contribution in [1.29, 1.82) is 0 Å². The van der Waals surface area contributed by atoms with Crippen molar-refractivity contribution in [3.8, 4) is 5.75 Å². The van der Waals surface area contributed by atoms with E-state index >= 15 is 0 Å². The van der Waals surface area contributed by atoms with E-state index in [-0.39, 0.29) is 44.2 Å². The zero-order chi connectivity index (χ0) is 31.4. The van der Waals surface area contributed by atoms with Crippen LogP contribution in [0.5, 0.6) is 5.75 Å². The summed E-state index contributed by atoms with van der Waals surface area (Å²) in [5.74, 6) is -0.560. The van der Waals surface area contributed by atoms with Crippen LogP contribution >= 0.6 is 0 Å². The first-order chi connectivity index (χ1) is 20.5. The van der Waals surface area contributed by atoms with E-state index in [4.69, 9.17) is 4.74 Å². The number of amides is 2. The van der Waals surface area contributed by atoms with Gasteiger partial charge in [0.2, 0.25) is 11.8 Å². The molecular weight excluding hydrogens is 566 g/mol. The molecule has 43 heavy (non-hydrogen) atoms. The van der Waals surface area contributed by atoms with E-state index in [1.807, 2.05) is 6.92 Å². The molecule has 0 aliphatic carbocycles. The van der Waals surface area contributed by atoms with Crippen molar-refractivity contribution in [2.75, 3.05) is 26.2 Å². The number of carbonyl (C=O) groups is 2. The first-order valence-corrected chi connectivity index (χ1v) is 15.0. The number of hydrogen-bond acceptors (Lipinski definition) is 5. The lowest BCUT2D eigenvalue weighted by molar-refractivity contribution is -0.137. The third-order valence-corrected chi connectivity index (χ3v) is 7.54. The van der Waals surface area contributed by atoms with Crippen molar-refractivity contribution < 1.29 is 37.0 Å². The normalized spacial score (nSPS) is 19.9. The third-order valence-electron chi connectivity index (χ3n) is 7.54. The Hall–Kier alpha value is -3.18. The van der Waals surface area contributed by atoms with E-state index in [9.17, 15) is 32.3 Å². The van der Waals surface area contributed by atoms with Gasteiger partial charge in [0.25, 0.3) is 0 Å². The van der Waals surface area contributed by atoms with Crippen LogP contribution in [0, 0.1) is 11.7 Å². The van der Waals surface area contributed by atoms with Crippen LogP contribution in [0.3, 0.4) is 0 Å². The van der Waals surface area contributed by atoms with Crippen LogP contribution in [0.25, 0.3) is 0 Å². The molecule has 2 aromatic carbocycles. The predicted molar refractivity (Wildman–Crippen MR) is 156 cm³/mol. The maximum atomic E-state index is 14.6. The maximum absolute atomic E-state index is 14.6. The Kier molecular flexibility index (Phi) is 13.3. The molecular formula is C32H43F4N3O4. The van der Waals surface area contributed by atoms with Crippen LogP contribution < -0.4 is 15.4 Å². The molecule has 0 radical (unpaired) electrons. The Morgan fingerprint density at radius 1 is 1.12 bits per heavy atom. The molecule has 3 unspecified atom stereocenters. The van der Waals surface area contributed by atoms with E-state index < -0.39 is 35.6 Å². The Morgan fingerprint density at radius 3 is 2.63 bits per heavy atom. The number of benzene rings is 2. The number of halogens is 4. The van der Waals surface area contributed by atoms with Gasteiger partial charge in [-0.05, 0) is 60.9 Å². The molecule has 2 amide bonds. The molecule has 0 spiro atoms. The van der Waals surface area contributed by atoms with Crippen molar-refractivity contribution >= 4 is 11.8 Å². The van der Waals surface area contributed by atoms with Gasteiger partial charge in [-0.3, -0.25) is 9.59 Å². The number of fused-ring (bicyclic) bond motifs is 2. The van der Waals surface area contributed by atoms with Crippen molar-refractivity contribution in [2.45, 2.75) is 83.7 Å². The largest absolute Gasteiger partial charge is 0.493 e. The molecule has 0 saturated carbocycles. The van der Waals surface area contributed by atoms with Gasteiger partial charge in [-0.15, -0.1) is 0 Å². The van der Waals surface area contributed by atoms with Gasteiger partial charge in [-0.1, -0.05) is 38.5 Å². The number of aliphatic hydroxyl groups excluding tert-OH is 1. The number of rotatable bonds is 9. The van der Waals surface area contributed by atoms with Gasteiger partial charge >= 0.3 is 6.18 Å². The molecule has 3 N–H and O–H groups in total. The highest BCUT2D eigenvalue weighted by molar-refractivity contribution is 5.84. The van der Waals surface area contributed by atoms with Crippen LogP contribution in [0.2, 0.25) is 0 Å². The molecule has 238 valence electrons. The molecule has 2 aromatic rings. The Morgan fingerprint density at radius 2 is 1.91 bits per heavy atom. The summed E-state index contributed by atoms with van der Waals surface area (Å²) < 4.78 is 59.8. The minimum Gasteiger partial charge on any atom is -0.493 e. The SMILES string of the molecule is CCCC1CCN(CCC)C(=O)CCC(=O)NC(C(O)CNCc2cccc(C(F)(F)F)c2)Cc2cc(F)cc(c2)OC1. The fourth-order valence-corrected chi connectivity index (χ4v) is 5.28. The molecule has 3 rings (SSSR count). The van der Waals surface area contributed by atoms with Crippen molar-refractivity contribution in [3.63, 3.8) is 0 Å². The van der Waals surface area contributed by atoms with E-state index in [1.165, 1.54) is 18.2 Å². The van der Waals surface area contributed by atoms with E-state index in [0.29, 0.717) is 36.6 Å². The number of aliphatic hydroxyl groups is 1. The quantitative estimate of drug-likeness (QED) is 0.339. The Bertz CT molecular complexity index is 1190. The van der Waals surface area contributed by atoms with Gasteiger partial charge in [-0.2, -0.15) is 13.2 Å². The minimum atomic E-state index is -4.47. The van der Waals surface area contributed by atoms with Gasteiger partial charge in [0, 0.05) is 45.1 Å². The lowest BCUT2D eigenvalue weighted by atomic mass is 9.99. The summed E-state index contributed by atoms with van der Waals surface area (Å²) in [6.45, 7) is 5.55. The third kappa shape index (κ3) is 11.4. The predicted octanol–water partition coefficient (Wildman–Crippen LogP) is 5.24. The topological polar surface area (TPSA) is 90.9 Å². The smallest absolute Gasteiger partial charge is 0.416 e. The van der Waals surface area contributed by atoms with Gasteiger partial charge in [0.1, 0.15) is 11.6 Å². The van der Waals surface area contributed by atoms with Crippen LogP contribution in [0.4, 0.5) is 17.6 Å². The van der Waals surface area contributed by atoms with Gasteiger partial charge in [-0.25, -0.2) is 4.39 Å². The van der Waals surface area contributed by atoms with E-state index in [2.05, 4.69) is 17.6 Å². The van der Waals surface area contributed by atoms with E-state index in [1.54, 1.807) is 17.0 Å². The summed E-state index contributed by atoms with van der Waals surface area (Å²) in [6, 6.07) is 8.31. The zero-order valence-electron chi connectivity index (χ0n) is 24.9. The van der Waals surface area contributed by atoms with Crippen molar-refractivity contribution in [3.05, 3.63) is 65.0 Å². The van der Waals surface area contributed by atoms with Crippen LogP contribution in [0.1, 0.15) is 69.1 Å². The van der Waals surface area contributed by atoms with Gasteiger partial charge in [0.05, 0.1) is 24.3 Å². The summed E-state index contributed by atoms with van der Waals surface area (Å²) in [4.78, 5) is 27.7. The van der Waals surface area contributed by atoms with Crippen LogP contribution in [0.15, 0.2) is 42.5 Å². The fourth-order valence-electron chi connectivity index (χ4n) is 5.28. The fraction of sp³-hybridized carbons (Fsp3) is 0.562. The van der Waals surface area contributed by atoms with Crippen molar-refractivity contribution in [1.82, 2.24) is 15.5 Å². The van der Waals surface area contributed by atoms with Crippen LogP contribution in [-0.2, 0) is 28.7 Å². The number of nitrogens with zero attached hydrogens (tertiary/aromatic N) is 1. The van der Waals surface area contributed by atoms with Gasteiger partial charge in [0.15, 0.2) is 0 Å². The monoisotopic (exact) mass is 609 g/mol. The summed E-state index contributed by atoms with van der Waals surface area (Å²) in [5, 5.41) is 16.8. The number of ether oxygens (including phenoxy) is 1. The first-order valence-electron chi connectivity index (χ1n) is 15.0. The Labute approximate surface area is 251 Å². The molecule has 11 heteroatoms. The number of carbonyl (C=O) groups excluding carboxylic acids is 2. The van der Waals surface area contributed by atoms with E-state index in [0.717, 1.165) is 37.8 Å². The average Bonchev–Trinajstić information content (AvgIpc) is 2.95. The number of nitrogens with one attached hydrogen (secondary N) is 2. The summed E-state index contributed by atoms with van der Waals surface area (Å²) in [5.41, 5.74) is 0.114. The van der Waals surface area contributed by atoms with Gasteiger partial charge < -0.3 is 25.4 Å². The standard InChI is InChI=1S/C32H43F4N3O4/c1-3-6-22-11-13-39(12-4-2)31(42)10-9-30(41)38-28(17-24-15-26(33)18-27(16-24)43-21-22)29(40)20-37-19-23-7-5-8-25(14-23)32(34,35)36/h5,7-8,14-16,18,22,28-29,37,40H,3-4,6,9-13,17,19-21H2,1-2H3,(H,38,41). The lowest BCUT2D eigenvalue weighted by Crippen LogP contribution is -2.49. The molecule has 2 bridgehead atoms. The molecule has 1 aliphatic rings. The minimum absolute atomic E-state index is 0.0154. The number of alkyl halides is 3. The lowest BCUT2D eigenvalue weighted by Gasteiger charge is -2.27. The molecule has 1 aliphatic heterocycles. The molecule has 3 atom stereocenters. The highest BCUT2D eigenvalue weighted by Gasteiger charge is 2.30. The molecule has 1 heterocycles. The number of hydrogen-bond donors (Lipinski definition) is 3. The van der Waals surface area contributed by atoms with Crippen LogP contribution in [-0.4, -0.2) is 60.2 Å².